The second-order valence-electron chi connectivity index (χ2n) is 4.55. The molecule has 3 rings (SSSR count). The minimum Gasteiger partial charge on any atom is -0.368 e. The lowest BCUT2D eigenvalue weighted by molar-refractivity contribution is 0.414. The van der Waals surface area contributed by atoms with Gasteiger partial charge in [-0.15, -0.1) is 0 Å². The summed E-state index contributed by atoms with van der Waals surface area (Å²) in [7, 11) is 0. The van der Waals surface area contributed by atoms with Gasteiger partial charge < -0.3 is 4.74 Å². The third-order valence-electron chi connectivity index (χ3n) is 3.27. The average molecular weight is 228 g/mol. The molecule has 1 fully saturated rings. The van der Waals surface area contributed by atoms with Crippen LogP contribution in [0.2, 0.25) is 0 Å². The molecule has 0 N–H and O–H groups in total. The molecule has 0 spiro atoms. The summed E-state index contributed by atoms with van der Waals surface area (Å²) < 4.78 is 7.44. The van der Waals surface area contributed by atoms with E-state index >= 15 is 0 Å². The zero-order valence-corrected chi connectivity index (χ0v) is 10.2. The van der Waals surface area contributed by atoms with Crippen LogP contribution in [0.15, 0.2) is 30.3 Å². The Morgan fingerprint density at radius 3 is 2.65 bits per heavy atom. The Kier molecular flexibility index (Phi) is 2.48. The van der Waals surface area contributed by atoms with E-state index in [0.29, 0.717) is 6.10 Å². The van der Waals surface area contributed by atoms with Crippen molar-refractivity contribution < 1.29 is 4.74 Å². The Balaban J connectivity index is 1.91. The smallest absolute Gasteiger partial charge is 0.110 e. The van der Waals surface area contributed by atoms with E-state index in [1.165, 1.54) is 16.8 Å². The van der Waals surface area contributed by atoms with E-state index in [9.17, 15) is 0 Å². The van der Waals surface area contributed by atoms with Crippen molar-refractivity contribution in [3.05, 3.63) is 52.8 Å². The molecule has 17 heavy (non-hydrogen) atoms. The molecule has 1 aliphatic heterocycles. The van der Waals surface area contributed by atoms with Crippen molar-refractivity contribution in [2.75, 3.05) is 6.61 Å². The number of epoxide rings is 1. The van der Waals surface area contributed by atoms with Crippen molar-refractivity contribution in [3.63, 3.8) is 0 Å². The van der Waals surface area contributed by atoms with E-state index in [1.54, 1.807) is 0 Å². The quantitative estimate of drug-likeness (QED) is 0.756. The fourth-order valence-corrected chi connectivity index (χ4v) is 2.30. The number of nitrogens with zero attached hydrogens (tertiary/aromatic N) is 2. The number of benzene rings is 1. The van der Waals surface area contributed by atoms with E-state index in [2.05, 4.69) is 47.9 Å². The second kappa shape index (κ2) is 4.00. The summed E-state index contributed by atoms with van der Waals surface area (Å²) in [4.78, 5) is 0. The van der Waals surface area contributed by atoms with Gasteiger partial charge >= 0.3 is 0 Å². The van der Waals surface area contributed by atoms with Gasteiger partial charge in [-0.25, -0.2) is 0 Å². The molecule has 0 radical (unpaired) electrons. The molecule has 3 nitrogen and oxygen atoms in total. The molecule has 2 heterocycles. The molecular formula is C14H16N2O. The van der Waals surface area contributed by atoms with Gasteiger partial charge in [0.15, 0.2) is 0 Å². The van der Waals surface area contributed by atoms with Crippen LogP contribution in [0.3, 0.4) is 0 Å². The highest BCUT2D eigenvalue weighted by Gasteiger charge is 2.30. The molecular weight excluding hydrogens is 212 g/mol. The van der Waals surface area contributed by atoms with Crippen molar-refractivity contribution in [1.82, 2.24) is 9.78 Å². The first-order valence-corrected chi connectivity index (χ1v) is 5.95. The van der Waals surface area contributed by atoms with Gasteiger partial charge in [-0.1, -0.05) is 30.3 Å². The molecule has 88 valence electrons. The highest BCUT2D eigenvalue weighted by Crippen LogP contribution is 2.34. The molecule has 1 aliphatic rings. The van der Waals surface area contributed by atoms with Gasteiger partial charge in [0, 0.05) is 11.3 Å². The molecule has 1 aromatic heterocycles. The minimum atomic E-state index is 0.291. The van der Waals surface area contributed by atoms with Gasteiger partial charge in [-0.05, 0) is 19.4 Å². The lowest BCUT2D eigenvalue weighted by Crippen LogP contribution is -2.04. The zero-order valence-electron chi connectivity index (χ0n) is 10.2. The van der Waals surface area contributed by atoms with E-state index in [1.807, 2.05) is 6.07 Å². The summed E-state index contributed by atoms with van der Waals surface area (Å²) in [5.41, 5.74) is 4.89. The van der Waals surface area contributed by atoms with Crippen molar-refractivity contribution in [3.8, 4) is 0 Å². The van der Waals surface area contributed by atoms with Crippen molar-refractivity contribution in [1.29, 1.82) is 0 Å². The van der Waals surface area contributed by atoms with Crippen LogP contribution in [0.5, 0.6) is 0 Å². The van der Waals surface area contributed by atoms with Crippen molar-refractivity contribution in [2.24, 2.45) is 0 Å². The highest BCUT2D eigenvalue weighted by molar-refractivity contribution is 5.30. The van der Waals surface area contributed by atoms with Crippen LogP contribution < -0.4 is 0 Å². The van der Waals surface area contributed by atoms with Crippen LogP contribution in [0.25, 0.3) is 0 Å². The number of aromatic nitrogens is 2. The van der Waals surface area contributed by atoms with Gasteiger partial charge in [-0.3, -0.25) is 4.68 Å². The highest BCUT2D eigenvalue weighted by atomic mass is 16.6. The lowest BCUT2D eigenvalue weighted by atomic mass is 10.1. The molecule has 0 bridgehead atoms. The first kappa shape index (κ1) is 10.5. The van der Waals surface area contributed by atoms with E-state index in [4.69, 9.17) is 4.74 Å². The molecule has 1 atom stereocenters. The largest absolute Gasteiger partial charge is 0.368 e. The van der Waals surface area contributed by atoms with E-state index in [-0.39, 0.29) is 0 Å². The second-order valence-corrected chi connectivity index (χ2v) is 4.55. The fraction of sp³-hybridized carbons (Fsp3) is 0.357. The van der Waals surface area contributed by atoms with Gasteiger partial charge in [0.2, 0.25) is 0 Å². The van der Waals surface area contributed by atoms with Gasteiger partial charge in [0.05, 0.1) is 18.8 Å². The van der Waals surface area contributed by atoms with Crippen molar-refractivity contribution >= 4 is 0 Å². The summed E-state index contributed by atoms with van der Waals surface area (Å²) in [5, 5.41) is 4.60. The van der Waals surface area contributed by atoms with E-state index < -0.39 is 0 Å². The third kappa shape index (κ3) is 1.98. The first-order valence-electron chi connectivity index (χ1n) is 5.95. The molecule has 2 aromatic rings. The predicted molar refractivity (Wildman–Crippen MR) is 65.9 cm³/mol. The molecule has 0 amide bonds. The Morgan fingerprint density at radius 2 is 2.00 bits per heavy atom. The molecule has 0 saturated carbocycles. The third-order valence-corrected chi connectivity index (χ3v) is 3.27. The van der Waals surface area contributed by atoms with Crippen LogP contribution >= 0.6 is 0 Å². The van der Waals surface area contributed by atoms with E-state index in [0.717, 1.165) is 18.8 Å². The number of rotatable bonds is 3. The number of ether oxygens (including phenoxy) is 1. The predicted octanol–water partition coefficient (Wildman–Crippen LogP) is 2.62. The summed E-state index contributed by atoms with van der Waals surface area (Å²) >= 11 is 0. The minimum absolute atomic E-state index is 0.291. The molecule has 3 heteroatoms. The van der Waals surface area contributed by atoms with Gasteiger partial charge in [0.1, 0.15) is 6.10 Å². The summed E-state index contributed by atoms with van der Waals surface area (Å²) in [6.45, 7) is 5.87. The number of aryl methyl sites for hydroxylation is 1. The zero-order chi connectivity index (χ0) is 11.8. The number of hydrogen-bond acceptors (Lipinski definition) is 2. The van der Waals surface area contributed by atoms with Gasteiger partial charge in [0.25, 0.3) is 0 Å². The summed E-state index contributed by atoms with van der Waals surface area (Å²) in [6, 6.07) is 10.4. The monoisotopic (exact) mass is 228 g/mol. The fourth-order valence-electron chi connectivity index (χ4n) is 2.30. The maximum atomic E-state index is 5.37. The van der Waals surface area contributed by atoms with Crippen LogP contribution in [0.1, 0.15) is 28.6 Å². The summed E-state index contributed by atoms with van der Waals surface area (Å²) in [6.07, 6.45) is 0.291. The van der Waals surface area contributed by atoms with Crippen molar-refractivity contribution in [2.45, 2.75) is 26.5 Å². The molecule has 0 unspecified atom stereocenters. The maximum Gasteiger partial charge on any atom is 0.110 e. The first-order chi connectivity index (χ1) is 8.25. The number of hydrogen-bond donors (Lipinski definition) is 0. The molecule has 1 saturated heterocycles. The normalized spacial score (nSPS) is 18.4. The Bertz CT molecular complexity index is 527. The van der Waals surface area contributed by atoms with Crippen LogP contribution in [0, 0.1) is 13.8 Å². The Morgan fingerprint density at radius 1 is 1.29 bits per heavy atom. The molecule has 0 aliphatic carbocycles. The maximum absolute atomic E-state index is 5.37. The Labute approximate surface area is 101 Å². The SMILES string of the molecule is Cc1nn(Cc2ccccc2)c(C)c1[C@H]1CO1. The standard InChI is InChI=1S/C14H16N2O/c1-10-14(13-9-17-13)11(2)16(15-10)8-12-6-4-3-5-7-12/h3-7,13H,8-9H2,1-2H3/t13-/m1/s1. The topological polar surface area (TPSA) is 30.4 Å². The van der Waals surface area contributed by atoms with Crippen LogP contribution in [-0.2, 0) is 11.3 Å². The average Bonchev–Trinajstić information content (AvgIpc) is 3.10. The van der Waals surface area contributed by atoms with Crippen LogP contribution in [0.4, 0.5) is 0 Å². The van der Waals surface area contributed by atoms with Gasteiger partial charge in [-0.2, -0.15) is 5.10 Å². The Hall–Kier alpha value is -1.61. The molecule has 1 aromatic carbocycles. The summed E-state index contributed by atoms with van der Waals surface area (Å²) in [5.74, 6) is 0. The lowest BCUT2D eigenvalue weighted by Gasteiger charge is -2.04. The van der Waals surface area contributed by atoms with Crippen LogP contribution in [-0.4, -0.2) is 16.4 Å².